The molecule has 0 N–H and O–H groups in total. The van der Waals surface area contributed by atoms with E-state index in [0.717, 1.165) is 28.2 Å². The van der Waals surface area contributed by atoms with Crippen LogP contribution in [0.4, 0.5) is 0 Å². The van der Waals surface area contributed by atoms with Crippen molar-refractivity contribution in [3.05, 3.63) is 194 Å². The van der Waals surface area contributed by atoms with Crippen LogP contribution in [-0.2, 0) is 0 Å². The van der Waals surface area contributed by atoms with Gasteiger partial charge in [0.15, 0.2) is 0 Å². The third kappa shape index (κ3) is 4.59. The molecule has 0 atom stereocenters. The maximum Gasteiger partial charge on any atom is 0.0730 e. The summed E-state index contributed by atoms with van der Waals surface area (Å²) in [4.78, 5) is 5.29. The Bertz CT molecular complexity index is 3460. The molecule has 3 heterocycles. The number of pyridine rings is 1. The first kappa shape index (κ1) is 31.3. The summed E-state index contributed by atoms with van der Waals surface area (Å²) in [6, 6.07) is 70.6. The largest absolute Gasteiger partial charge is 0.308 e. The van der Waals surface area contributed by atoms with Gasteiger partial charge in [-0.2, -0.15) is 0 Å². The van der Waals surface area contributed by atoms with Gasteiger partial charge in [-0.3, -0.25) is 0 Å². The van der Waals surface area contributed by atoms with Gasteiger partial charge in [-0.15, -0.1) is 11.3 Å². The second-order valence-corrected chi connectivity index (χ2v) is 15.7. The maximum absolute atomic E-state index is 5.29. The highest BCUT2D eigenvalue weighted by Gasteiger charge is 2.24. The van der Waals surface area contributed by atoms with Crippen molar-refractivity contribution in [2.75, 3.05) is 0 Å². The van der Waals surface area contributed by atoms with Crippen LogP contribution in [0, 0.1) is 0 Å². The fourth-order valence-corrected chi connectivity index (χ4v) is 10.4. The Labute approximate surface area is 327 Å². The van der Waals surface area contributed by atoms with E-state index in [1.165, 1.54) is 85.4 Å². The van der Waals surface area contributed by atoms with Crippen molar-refractivity contribution in [1.29, 1.82) is 0 Å². The summed E-state index contributed by atoms with van der Waals surface area (Å²) in [5.74, 6) is 0. The Kier molecular flexibility index (Phi) is 6.83. The summed E-state index contributed by atoms with van der Waals surface area (Å²) in [5.41, 5.74) is 10.1. The van der Waals surface area contributed by atoms with Crippen LogP contribution in [0.2, 0.25) is 0 Å². The molecular weight excluding hydrogens is 697 g/mol. The molecular formula is C53H32N2S. The molecule has 0 aliphatic carbocycles. The van der Waals surface area contributed by atoms with E-state index < -0.39 is 0 Å². The highest BCUT2D eigenvalue weighted by molar-refractivity contribution is 7.26. The number of rotatable bonds is 4. The minimum atomic E-state index is 0.948. The average Bonchev–Trinajstić information content (AvgIpc) is 3.83. The normalized spacial score (nSPS) is 11.9. The molecule has 0 amide bonds. The molecule has 0 bridgehead atoms. The summed E-state index contributed by atoms with van der Waals surface area (Å²) < 4.78 is 5.14. The van der Waals surface area contributed by atoms with Crippen molar-refractivity contribution in [3.8, 4) is 39.3 Å². The third-order valence-corrected chi connectivity index (χ3v) is 12.8. The Morgan fingerprint density at radius 1 is 0.393 bits per heavy atom. The molecule has 3 heteroatoms. The van der Waals surface area contributed by atoms with Gasteiger partial charge in [-0.05, 0) is 56.8 Å². The summed E-state index contributed by atoms with van der Waals surface area (Å²) in [6.45, 7) is 0. The van der Waals surface area contributed by atoms with Crippen molar-refractivity contribution in [2.45, 2.75) is 0 Å². The van der Waals surface area contributed by atoms with Crippen LogP contribution in [0.15, 0.2) is 194 Å². The van der Waals surface area contributed by atoms with Gasteiger partial charge in [0.25, 0.3) is 0 Å². The zero-order valence-electron chi connectivity index (χ0n) is 30.3. The minimum Gasteiger partial charge on any atom is -0.308 e. The summed E-state index contributed by atoms with van der Waals surface area (Å²) >= 11 is 1.91. The first-order chi connectivity index (χ1) is 27.8. The predicted molar refractivity (Wildman–Crippen MR) is 240 cm³/mol. The molecule has 0 saturated carbocycles. The topological polar surface area (TPSA) is 17.8 Å². The van der Waals surface area contributed by atoms with Crippen molar-refractivity contribution in [2.24, 2.45) is 0 Å². The second-order valence-electron chi connectivity index (χ2n) is 14.6. The van der Waals surface area contributed by atoms with Gasteiger partial charge in [-0.25, -0.2) is 4.98 Å². The van der Waals surface area contributed by atoms with Crippen molar-refractivity contribution < 1.29 is 0 Å². The molecule has 0 saturated heterocycles. The lowest BCUT2D eigenvalue weighted by Crippen LogP contribution is -1.99. The summed E-state index contributed by atoms with van der Waals surface area (Å²) in [5, 5.41) is 12.8. The van der Waals surface area contributed by atoms with E-state index in [1.54, 1.807) is 0 Å². The quantitative estimate of drug-likeness (QED) is 0.165. The summed E-state index contributed by atoms with van der Waals surface area (Å²) in [7, 11) is 0. The van der Waals surface area contributed by atoms with E-state index in [0.29, 0.717) is 0 Å². The fraction of sp³-hybridized carbons (Fsp3) is 0. The molecule has 0 unspecified atom stereocenters. The van der Waals surface area contributed by atoms with E-state index in [-0.39, 0.29) is 0 Å². The zero-order chi connectivity index (χ0) is 36.7. The number of benzene rings is 9. The molecule has 12 rings (SSSR count). The fourth-order valence-electron chi connectivity index (χ4n) is 9.15. The summed E-state index contributed by atoms with van der Waals surface area (Å²) in [6.07, 6.45) is 0. The molecule has 3 aromatic heterocycles. The van der Waals surface area contributed by atoms with Gasteiger partial charge >= 0.3 is 0 Å². The number of hydrogen-bond donors (Lipinski definition) is 0. The number of aromatic nitrogens is 2. The van der Waals surface area contributed by atoms with Crippen LogP contribution in [0.5, 0.6) is 0 Å². The van der Waals surface area contributed by atoms with E-state index in [1.807, 2.05) is 11.3 Å². The van der Waals surface area contributed by atoms with Crippen LogP contribution >= 0.6 is 11.3 Å². The second kappa shape index (κ2) is 12.2. The van der Waals surface area contributed by atoms with Gasteiger partial charge in [0.2, 0.25) is 0 Å². The highest BCUT2D eigenvalue weighted by Crippen LogP contribution is 2.50. The Hall–Kier alpha value is -7.07. The van der Waals surface area contributed by atoms with Gasteiger partial charge < -0.3 is 4.57 Å². The SMILES string of the molecule is c1ccc(-c2cc(-n3c4ccc5sc6c(-c7cccc8ccccc78)cccc6c5c4c4c5ccccc5c5ccccc5c43)cc(-c3ccccc3)n2)cc1. The number of nitrogens with zero attached hydrogens (tertiary/aromatic N) is 2. The molecule has 0 spiro atoms. The zero-order valence-corrected chi connectivity index (χ0v) is 31.1. The minimum absolute atomic E-state index is 0.948. The maximum atomic E-state index is 5.29. The first-order valence-electron chi connectivity index (χ1n) is 19.1. The molecule has 0 aliphatic heterocycles. The Morgan fingerprint density at radius 3 is 1.68 bits per heavy atom. The molecule has 0 aliphatic rings. The Morgan fingerprint density at radius 2 is 0.946 bits per heavy atom. The molecule has 260 valence electrons. The molecule has 0 fully saturated rings. The van der Waals surface area contributed by atoms with Crippen molar-refractivity contribution in [1.82, 2.24) is 9.55 Å². The number of hydrogen-bond acceptors (Lipinski definition) is 2. The Balaban J connectivity index is 1.27. The lowest BCUT2D eigenvalue weighted by atomic mass is 9.94. The third-order valence-electron chi connectivity index (χ3n) is 11.5. The van der Waals surface area contributed by atoms with Crippen molar-refractivity contribution in [3.63, 3.8) is 0 Å². The van der Waals surface area contributed by atoms with Crippen LogP contribution in [0.25, 0.3) is 114 Å². The molecule has 9 aromatic carbocycles. The smallest absolute Gasteiger partial charge is 0.0730 e. The predicted octanol–water partition coefficient (Wildman–Crippen LogP) is 15.0. The average molecular weight is 729 g/mol. The number of fused-ring (bicyclic) bond motifs is 13. The molecule has 2 nitrogen and oxygen atoms in total. The molecule has 12 aromatic rings. The monoisotopic (exact) mass is 728 g/mol. The highest BCUT2D eigenvalue weighted by atomic mass is 32.1. The lowest BCUT2D eigenvalue weighted by Gasteiger charge is -2.15. The standard InChI is InChI=1S/C53H32N2S/c1-3-16-34(17-4-1)45-31-36(32-46(54-45)35-18-5-2-6-19-35)55-47-29-30-48-49(51(47)50-41-24-11-9-22-39(41)40-23-10-12-25-42(40)52(50)55)44-28-14-27-43(53(44)56-48)38-26-13-20-33-15-7-8-21-37(33)38/h1-32H. The van der Waals surface area contributed by atoms with Gasteiger partial charge in [0.1, 0.15) is 0 Å². The van der Waals surface area contributed by atoms with Gasteiger partial charge in [0, 0.05) is 53.0 Å². The van der Waals surface area contributed by atoms with Crippen LogP contribution < -0.4 is 0 Å². The van der Waals surface area contributed by atoms with E-state index in [4.69, 9.17) is 4.98 Å². The lowest BCUT2D eigenvalue weighted by molar-refractivity contribution is 1.16. The first-order valence-corrected chi connectivity index (χ1v) is 19.9. The van der Waals surface area contributed by atoms with Crippen LogP contribution in [0.3, 0.4) is 0 Å². The van der Waals surface area contributed by atoms with E-state index in [2.05, 4.69) is 199 Å². The van der Waals surface area contributed by atoms with Crippen molar-refractivity contribution >= 4 is 85.6 Å². The van der Waals surface area contributed by atoms with Crippen LogP contribution in [-0.4, -0.2) is 9.55 Å². The van der Waals surface area contributed by atoms with Crippen LogP contribution in [0.1, 0.15) is 0 Å². The van der Waals surface area contributed by atoms with E-state index in [9.17, 15) is 0 Å². The van der Waals surface area contributed by atoms with E-state index >= 15 is 0 Å². The van der Waals surface area contributed by atoms with Gasteiger partial charge in [-0.1, -0.05) is 170 Å². The number of thiophene rings is 1. The molecule has 0 radical (unpaired) electrons. The van der Waals surface area contributed by atoms with Gasteiger partial charge in [0.05, 0.1) is 28.1 Å². The molecule has 56 heavy (non-hydrogen) atoms.